The number of rotatable bonds is 7. The summed E-state index contributed by atoms with van der Waals surface area (Å²) in [6, 6.07) is 5.76. The number of carbonyl (C=O) groups excluding carboxylic acids is 1. The van der Waals surface area contributed by atoms with Gasteiger partial charge in [-0.15, -0.1) is 0 Å². The average molecular weight is 331 g/mol. The highest BCUT2D eigenvalue weighted by atomic mass is 35.5. The van der Waals surface area contributed by atoms with Gasteiger partial charge in [0.25, 0.3) is 0 Å². The van der Waals surface area contributed by atoms with E-state index >= 15 is 0 Å². The lowest BCUT2D eigenvalue weighted by Crippen LogP contribution is -2.40. The van der Waals surface area contributed by atoms with Crippen LogP contribution in [0.25, 0.3) is 0 Å². The summed E-state index contributed by atoms with van der Waals surface area (Å²) < 4.78 is 0. The smallest absolute Gasteiger partial charge is 0.322 e. The van der Waals surface area contributed by atoms with E-state index in [1.807, 2.05) is 11.0 Å². The van der Waals surface area contributed by atoms with E-state index in [0.717, 1.165) is 18.4 Å². The highest BCUT2D eigenvalue weighted by molar-refractivity contribution is 6.42. The van der Waals surface area contributed by atoms with Gasteiger partial charge in [-0.2, -0.15) is 0 Å². The van der Waals surface area contributed by atoms with Crippen LogP contribution in [0.2, 0.25) is 10.0 Å². The second-order valence-corrected chi connectivity index (χ2v) is 5.87. The van der Waals surface area contributed by atoms with Crippen LogP contribution in [0.5, 0.6) is 0 Å². The van der Waals surface area contributed by atoms with Crippen molar-refractivity contribution in [2.24, 2.45) is 0 Å². The van der Waals surface area contributed by atoms with Crippen molar-refractivity contribution in [2.45, 2.75) is 25.4 Å². The number of benzene rings is 1. The van der Waals surface area contributed by atoms with Crippen molar-refractivity contribution < 1.29 is 14.7 Å². The molecule has 0 aliphatic heterocycles. The molecule has 0 heterocycles. The van der Waals surface area contributed by atoms with Crippen LogP contribution in [0.4, 0.5) is 0 Å². The van der Waals surface area contributed by atoms with Crippen molar-refractivity contribution in [3.05, 3.63) is 33.8 Å². The van der Waals surface area contributed by atoms with E-state index in [1.165, 1.54) is 0 Å². The lowest BCUT2D eigenvalue weighted by atomic mass is 10.2. The summed E-state index contributed by atoms with van der Waals surface area (Å²) in [7, 11) is 0. The molecule has 1 aliphatic rings. The van der Waals surface area contributed by atoms with E-state index in [1.54, 1.807) is 12.1 Å². The first-order valence-electron chi connectivity index (χ1n) is 6.62. The van der Waals surface area contributed by atoms with Crippen LogP contribution in [0.15, 0.2) is 18.2 Å². The Hall–Kier alpha value is -1.30. The lowest BCUT2D eigenvalue weighted by Gasteiger charge is -2.21. The Morgan fingerprint density at radius 1 is 1.29 bits per heavy atom. The maximum atomic E-state index is 11.7. The Kier molecular flexibility index (Phi) is 5.45. The average Bonchev–Trinajstić information content (AvgIpc) is 3.24. The highest BCUT2D eigenvalue weighted by Crippen LogP contribution is 2.29. The van der Waals surface area contributed by atoms with Crippen LogP contribution in [-0.2, 0) is 16.1 Å². The summed E-state index contributed by atoms with van der Waals surface area (Å²) in [6.07, 6.45) is 2.10. The Balaban J connectivity index is 1.94. The summed E-state index contributed by atoms with van der Waals surface area (Å²) in [5.74, 6) is -1.34. The minimum absolute atomic E-state index is 0.179. The fraction of sp³-hybridized carbons (Fsp3) is 0.429. The van der Waals surface area contributed by atoms with Gasteiger partial charge in [-0.3, -0.25) is 14.5 Å². The molecule has 1 amide bonds. The normalized spacial score (nSPS) is 14.2. The summed E-state index contributed by atoms with van der Waals surface area (Å²) in [6.45, 7) is 0.407. The molecule has 1 aromatic carbocycles. The molecule has 1 aliphatic carbocycles. The van der Waals surface area contributed by atoms with Crippen LogP contribution < -0.4 is 5.32 Å². The second-order valence-electron chi connectivity index (χ2n) is 5.06. The van der Waals surface area contributed by atoms with Crippen LogP contribution in [0.1, 0.15) is 18.4 Å². The predicted molar refractivity (Wildman–Crippen MR) is 80.5 cm³/mol. The minimum atomic E-state index is -1.05. The quantitative estimate of drug-likeness (QED) is 0.803. The molecule has 0 unspecified atom stereocenters. The van der Waals surface area contributed by atoms with Crippen molar-refractivity contribution in [2.75, 3.05) is 13.1 Å². The third kappa shape index (κ3) is 5.19. The van der Waals surface area contributed by atoms with Gasteiger partial charge in [-0.1, -0.05) is 29.3 Å². The second kappa shape index (κ2) is 7.11. The van der Waals surface area contributed by atoms with Gasteiger partial charge >= 0.3 is 5.97 Å². The largest absolute Gasteiger partial charge is 0.480 e. The topological polar surface area (TPSA) is 69.6 Å². The number of aliphatic carboxylic acids is 1. The Morgan fingerprint density at radius 2 is 2.00 bits per heavy atom. The van der Waals surface area contributed by atoms with Gasteiger partial charge in [0, 0.05) is 12.6 Å². The van der Waals surface area contributed by atoms with Gasteiger partial charge < -0.3 is 10.4 Å². The Morgan fingerprint density at radius 3 is 2.57 bits per heavy atom. The Labute approximate surface area is 132 Å². The number of amides is 1. The van der Waals surface area contributed by atoms with Crippen LogP contribution >= 0.6 is 23.2 Å². The van der Waals surface area contributed by atoms with Crippen molar-refractivity contribution in [1.29, 1.82) is 0 Å². The maximum Gasteiger partial charge on any atom is 0.322 e. The number of halogens is 2. The van der Waals surface area contributed by atoms with Crippen molar-refractivity contribution in [3.8, 4) is 0 Å². The summed E-state index contributed by atoms with van der Waals surface area (Å²) in [5, 5.41) is 11.9. The standard InChI is InChI=1S/C14H16Cl2N2O3/c15-11-4-1-9(5-12(11)16)7-18(10-2-3-10)8-13(19)17-6-14(20)21/h1,4-5,10H,2-3,6-8H2,(H,17,19)(H,20,21). The van der Waals surface area contributed by atoms with Gasteiger partial charge in [0.05, 0.1) is 16.6 Å². The number of nitrogens with zero attached hydrogens (tertiary/aromatic N) is 1. The number of carboxylic acids is 1. The molecule has 21 heavy (non-hydrogen) atoms. The first kappa shape index (κ1) is 16.1. The number of hydrogen-bond acceptors (Lipinski definition) is 3. The fourth-order valence-corrected chi connectivity index (χ4v) is 2.36. The molecule has 2 N–H and O–H groups in total. The molecule has 1 saturated carbocycles. The number of carbonyl (C=O) groups is 2. The molecule has 5 nitrogen and oxygen atoms in total. The van der Waals surface area contributed by atoms with Crippen LogP contribution in [-0.4, -0.2) is 41.0 Å². The molecule has 0 bridgehead atoms. The molecule has 0 atom stereocenters. The molecule has 2 rings (SSSR count). The van der Waals surface area contributed by atoms with Crippen molar-refractivity contribution in [3.63, 3.8) is 0 Å². The summed E-state index contributed by atoms with van der Waals surface area (Å²) >= 11 is 11.9. The van der Waals surface area contributed by atoms with E-state index in [0.29, 0.717) is 22.6 Å². The van der Waals surface area contributed by atoms with Crippen molar-refractivity contribution in [1.82, 2.24) is 10.2 Å². The molecular formula is C14H16Cl2N2O3. The maximum absolute atomic E-state index is 11.7. The van der Waals surface area contributed by atoms with Gasteiger partial charge in [0.1, 0.15) is 6.54 Å². The molecular weight excluding hydrogens is 315 g/mol. The van der Waals surface area contributed by atoms with E-state index < -0.39 is 5.97 Å². The first-order valence-corrected chi connectivity index (χ1v) is 7.38. The number of nitrogens with one attached hydrogen (secondary N) is 1. The summed E-state index contributed by atoms with van der Waals surface area (Å²) in [4.78, 5) is 24.2. The predicted octanol–water partition coefficient (Wildman–Crippen LogP) is 2.16. The zero-order valence-corrected chi connectivity index (χ0v) is 12.8. The van der Waals surface area contributed by atoms with Gasteiger partial charge in [-0.05, 0) is 30.5 Å². The van der Waals surface area contributed by atoms with Gasteiger partial charge in [-0.25, -0.2) is 0 Å². The van der Waals surface area contributed by atoms with E-state index in [2.05, 4.69) is 5.32 Å². The fourth-order valence-electron chi connectivity index (χ4n) is 2.04. The molecule has 1 aromatic rings. The van der Waals surface area contributed by atoms with E-state index in [9.17, 15) is 9.59 Å². The summed E-state index contributed by atoms with van der Waals surface area (Å²) in [5.41, 5.74) is 0.974. The molecule has 7 heteroatoms. The SMILES string of the molecule is O=C(O)CNC(=O)CN(Cc1ccc(Cl)c(Cl)c1)C1CC1. The van der Waals surface area contributed by atoms with Crippen LogP contribution in [0, 0.1) is 0 Å². The molecule has 1 fully saturated rings. The zero-order chi connectivity index (χ0) is 15.4. The molecule has 114 valence electrons. The van der Waals surface area contributed by atoms with E-state index in [-0.39, 0.29) is 19.0 Å². The highest BCUT2D eigenvalue weighted by Gasteiger charge is 2.30. The lowest BCUT2D eigenvalue weighted by molar-refractivity contribution is -0.138. The van der Waals surface area contributed by atoms with E-state index in [4.69, 9.17) is 28.3 Å². The molecule has 0 saturated heterocycles. The Bertz CT molecular complexity index is 547. The van der Waals surface area contributed by atoms with Crippen molar-refractivity contribution >= 4 is 35.1 Å². The third-order valence-corrected chi connectivity index (χ3v) is 3.96. The number of carboxylic acid groups (broad SMARTS) is 1. The third-order valence-electron chi connectivity index (χ3n) is 3.22. The van der Waals surface area contributed by atoms with Gasteiger partial charge in [0.15, 0.2) is 0 Å². The first-order chi connectivity index (χ1) is 9.95. The minimum Gasteiger partial charge on any atom is -0.480 e. The zero-order valence-electron chi connectivity index (χ0n) is 11.3. The molecule has 0 aromatic heterocycles. The monoisotopic (exact) mass is 330 g/mol. The molecule has 0 spiro atoms. The van der Waals surface area contributed by atoms with Gasteiger partial charge in [0.2, 0.25) is 5.91 Å². The number of hydrogen-bond donors (Lipinski definition) is 2. The van der Waals surface area contributed by atoms with Crippen LogP contribution in [0.3, 0.4) is 0 Å². The molecule has 0 radical (unpaired) electrons.